The molecule has 0 bridgehead atoms. The van der Waals surface area contributed by atoms with Crippen LogP contribution in [0.25, 0.3) is 11.5 Å². The summed E-state index contributed by atoms with van der Waals surface area (Å²) >= 11 is 0. The number of benzene rings is 3. The van der Waals surface area contributed by atoms with Crippen molar-refractivity contribution in [1.82, 2.24) is 10.1 Å². The van der Waals surface area contributed by atoms with Gasteiger partial charge in [0.25, 0.3) is 17.5 Å². The number of ether oxygens (including phenoxy) is 1. The van der Waals surface area contributed by atoms with E-state index in [0.29, 0.717) is 35.1 Å². The van der Waals surface area contributed by atoms with E-state index >= 15 is 0 Å². The third-order valence-electron chi connectivity index (χ3n) is 4.52. The molecule has 0 fully saturated rings. The third-order valence-corrected chi connectivity index (χ3v) is 4.52. The molecule has 0 aliphatic heterocycles. The molecule has 0 saturated carbocycles. The molecule has 9 heteroatoms. The van der Waals surface area contributed by atoms with Crippen LogP contribution in [-0.4, -0.2) is 27.6 Å². The summed E-state index contributed by atoms with van der Waals surface area (Å²) < 4.78 is 10.8. The number of rotatable bonds is 8. The largest absolute Gasteiger partial charge is 0.484 e. The molecule has 1 amide bonds. The molecule has 0 saturated heterocycles. The van der Waals surface area contributed by atoms with Gasteiger partial charge in [-0.15, -0.1) is 0 Å². The van der Waals surface area contributed by atoms with Crippen molar-refractivity contribution in [2.75, 3.05) is 11.9 Å². The van der Waals surface area contributed by atoms with Gasteiger partial charge in [0.15, 0.2) is 12.4 Å². The van der Waals surface area contributed by atoms with E-state index in [2.05, 4.69) is 15.5 Å². The van der Waals surface area contributed by atoms with Crippen molar-refractivity contribution in [2.24, 2.45) is 0 Å². The standard InChI is InChI=1S/C23H18N4O5/c28-22(15-31-18-12-10-17(11-13-18)27(29)30)24-20-9-5-4-8-19(20)23-25-21(26-32-23)14-16-6-2-1-3-7-16/h1-13H,14-15H2,(H,24,28). The maximum atomic E-state index is 12.4. The number of nitrogens with one attached hydrogen (secondary N) is 1. The number of aromatic nitrogens is 2. The topological polar surface area (TPSA) is 120 Å². The Kier molecular flexibility index (Phi) is 6.17. The summed E-state index contributed by atoms with van der Waals surface area (Å²) in [6.07, 6.45) is 0.530. The van der Waals surface area contributed by atoms with Gasteiger partial charge in [-0.1, -0.05) is 47.6 Å². The number of hydrogen-bond acceptors (Lipinski definition) is 7. The van der Waals surface area contributed by atoms with Crippen LogP contribution in [0.3, 0.4) is 0 Å². The molecule has 0 aliphatic carbocycles. The SMILES string of the molecule is O=C(COc1ccc([N+](=O)[O-])cc1)Nc1ccccc1-c1nc(Cc2ccccc2)no1. The molecule has 0 aliphatic rings. The fourth-order valence-corrected chi connectivity index (χ4v) is 2.99. The summed E-state index contributed by atoms with van der Waals surface area (Å²) in [5.41, 5.74) is 2.09. The lowest BCUT2D eigenvalue weighted by atomic mass is 10.1. The Hall–Kier alpha value is -4.53. The van der Waals surface area contributed by atoms with Crippen LogP contribution in [0.15, 0.2) is 83.4 Å². The van der Waals surface area contributed by atoms with E-state index in [9.17, 15) is 14.9 Å². The average Bonchev–Trinajstić information content (AvgIpc) is 3.27. The number of amides is 1. The van der Waals surface area contributed by atoms with Gasteiger partial charge in [0, 0.05) is 18.6 Å². The second-order valence-corrected chi connectivity index (χ2v) is 6.81. The van der Waals surface area contributed by atoms with Crippen LogP contribution in [0, 0.1) is 10.1 Å². The van der Waals surface area contributed by atoms with Gasteiger partial charge in [0.05, 0.1) is 16.2 Å². The van der Waals surface area contributed by atoms with Crippen molar-refractivity contribution in [3.63, 3.8) is 0 Å². The van der Waals surface area contributed by atoms with E-state index in [1.54, 1.807) is 24.3 Å². The molecule has 0 radical (unpaired) electrons. The monoisotopic (exact) mass is 430 g/mol. The number of hydrogen-bond donors (Lipinski definition) is 1. The van der Waals surface area contributed by atoms with E-state index in [4.69, 9.17) is 9.26 Å². The highest BCUT2D eigenvalue weighted by Gasteiger charge is 2.15. The number of non-ortho nitro benzene ring substituents is 1. The highest BCUT2D eigenvalue weighted by atomic mass is 16.6. The van der Waals surface area contributed by atoms with Crippen molar-refractivity contribution in [3.8, 4) is 17.2 Å². The normalized spacial score (nSPS) is 10.5. The highest BCUT2D eigenvalue weighted by Crippen LogP contribution is 2.27. The summed E-state index contributed by atoms with van der Waals surface area (Å²) in [5.74, 6) is 0.776. The predicted molar refractivity (Wildman–Crippen MR) is 116 cm³/mol. The lowest BCUT2D eigenvalue weighted by molar-refractivity contribution is -0.384. The Morgan fingerprint density at radius 2 is 1.72 bits per heavy atom. The van der Waals surface area contributed by atoms with Crippen LogP contribution in [0.5, 0.6) is 5.75 Å². The first-order valence-electron chi connectivity index (χ1n) is 9.71. The van der Waals surface area contributed by atoms with Crippen molar-refractivity contribution in [1.29, 1.82) is 0 Å². The molecule has 160 valence electrons. The number of carbonyl (C=O) groups is 1. The number of nitro groups is 1. The maximum absolute atomic E-state index is 12.4. The van der Waals surface area contributed by atoms with Crippen LogP contribution < -0.4 is 10.1 Å². The van der Waals surface area contributed by atoms with Crippen molar-refractivity contribution in [2.45, 2.75) is 6.42 Å². The summed E-state index contributed by atoms with van der Waals surface area (Å²) in [5, 5.41) is 17.5. The molecule has 0 atom stereocenters. The first kappa shape index (κ1) is 20.7. The number of carbonyl (C=O) groups excluding carboxylic acids is 1. The Morgan fingerprint density at radius 1 is 1.00 bits per heavy atom. The molecule has 4 rings (SSSR count). The molecular formula is C23H18N4O5. The molecule has 0 spiro atoms. The quantitative estimate of drug-likeness (QED) is 0.328. The lowest BCUT2D eigenvalue weighted by Crippen LogP contribution is -2.20. The molecule has 9 nitrogen and oxygen atoms in total. The van der Waals surface area contributed by atoms with Gasteiger partial charge >= 0.3 is 0 Å². The summed E-state index contributed by atoms with van der Waals surface area (Å²) in [6, 6.07) is 22.4. The van der Waals surface area contributed by atoms with Crippen molar-refractivity contribution < 1.29 is 19.0 Å². The second-order valence-electron chi connectivity index (χ2n) is 6.81. The van der Waals surface area contributed by atoms with Gasteiger partial charge < -0.3 is 14.6 Å². The van der Waals surface area contributed by atoms with E-state index in [1.807, 2.05) is 30.3 Å². The zero-order chi connectivity index (χ0) is 22.3. The number of para-hydroxylation sites is 1. The maximum Gasteiger partial charge on any atom is 0.269 e. The zero-order valence-electron chi connectivity index (χ0n) is 16.8. The molecular weight excluding hydrogens is 412 g/mol. The fourth-order valence-electron chi connectivity index (χ4n) is 2.99. The summed E-state index contributed by atoms with van der Waals surface area (Å²) in [7, 11) is 0. The summed E-state index contributed by atoms with van der Waals surface area (Å²) in [4.78, 5) is 27.0. The number of anilines is 1. The Morgan fingerprint density at radius 3 is 2.47 bits per heavy atom. The average molecular weight is 430 g/mol. The van der Waals surface area contributed by atoms with Crippen LogP contribution in [0.1, 0.15) is 11.4 Å². The number of nitro benzene ring substituents is 1. The zero-order valence-corrected chi connectivity index (χ0v) is 16.8. The van der Waals surface area contributed by atoms with Crippen molar-refractivity contribution in [3.05, 3.63) is 100 Å². The predicted octanol–water partition coefficient (Wildman–Crippen LogP) is 4.25. The second kappa shape index (κ2) is 9.52. The molecule has 4 aromatic rings. The fraction of sp³-hybridized carbons (Fsp3) is 0.0870. The highest BCUT2D eigenvalue weighted by molar-refractivity contribution is 5.95. The van der Waals surface area contributed by atoms with Crippen LogP contribution in [0.4, 0.5) is 11.4 Å². The smallest absolute Gasteiger partial charge is 0.269 e. The molecule has 0 unspecified atom stereocenters. The van der Waals surface area contributed by atoms with E-state index < -0.39 is 10.8 Å². The molecule has 1 N–H and O–H groups in total. The minimum atomic E-state index is -0.504. The van der Waals surface area contributed by atoms with Gasteiger partial charge in [-0.2, -0.15) is 4.98 Å². The van der Waals surface area contributed by atoms with Gasteiger partial charge in [-0.3, -0.25) is 14.9 Å². The summed E-state index contributed by atoms with van der Waals surface area (Å²) in [6.45, 7) is -0.269. The third kappa shape index (κ3) is 5.14. The van der Waals surface area contributed by atoms with Gasteiger partial charge in [-0.05, 0) is 29.8 Å². The van der Waals surface area contributed by atoms with Crippen molar-refractivity contribution >= 4 is 17.3 Å². The van der Waals surface area contributed by atoms with E-state index in [-0.39, 0.29) is 12.3 Å². The minimum Gasteiger partial charge on any atom is -0.484 e. The first-order valence-corrected chi connectivity index (χ1v) is 9.71. The first-order chi connectivity index (χ1) is 15.6. The molecule has 32 heavy (non-hydrogen) atoms. The van der Waals surface area contributed by atoms with Crippen LogP contribution >= 0.6 is 0 Å². The Balaban J connectivity index is 1.41. The molecule has 3 aromatic carbocycles. The van der Waals surface area contributed by atoms with E-state index in [0.717, 1.165) is 5.56 Å². The van der Waals surface area contributed by atoms with Gasteiger partial charge in [0.1, 0.15) is 5.75 Å². The molecule has 1 heterocycles. The number of nitrogens with zero attached hydrogens (tertiary/aromatic N) is 3. The van der Waals surface area contributed by atoms with Crippen LogP contribution in [0.2, 0.25) is 0 Å². The lowest BCUT2D eigenvalue weighted by Gasteiger charge is -2.09. The van der Waals surface area contributed by atoms with Gasteiger partial charge in [0.2, 0.25) is 0 Å². The Labute approximate surface area is 182 Å². The molecule has 1 aromatic heterocycles. The Bertz CT molecular complexity index is 1220. The van der Waals surface area contributed by atoms with Gasteiger partial charge in [-0.25, -0.2) is 0 Å². The van der Waals surface area contributed by atoms with Crippen LogP contribution in [-0.2, 0) is 11.2 Å². The van der Waals surface area contributed by atoms with E-state index in [1.165, 1.54) is 24.3 Å². The minimum absolute atomic E-state index is 0.0538.